The zero-order chi connectivity index (χ0) is 10.4. The van der Waals surface area contributed by atoms with Crippen LogP contribution in [0.2, 0.25) is 0 Å². The molecule has 0 aliphatic carbocycles. The van der Waals surface area contributed by atoms with Crippen molar-refractivity contribution in [1.29, 1.82) is 0 Å². The first-order chi connectivity index (χ1) is 6.75. The predicted molar refractivity (Wildman–Crippen MR) is 52.3 cm³/mol. The van der Waals surface area contributed by atoms with Gasteiger partial charge in [0.1, 0.15) is 11.7 Å². The molecule has 1 aliphatic rings. The van der Waals surface area contributed by atoms with E-state index in [0.717, 1.165) is 12.8 Å². The summed E-state index contributed by atoms with van der Waals surface area (Å²) in [5, 5.41) is 9.95. The van der Waals surface area contributed by atoms with Gasteiger partial charge in [0.25, 0.3) is 0 Å². The Labute approximate surface area is 85.2 Å². The Kier molecular flexibility index (Phi) is 4.81. The van der Waals surface area contributed by atoms with Gasteiger partial charge in [-0.25, -0.2) is 0 Å². The van der Waals surface area contributed by atoms with Gasteiger partial charge in [-0.15, -0.1) is 0 Å². The number of hydrogen-bond donors (Lipinski definition) is 1. The second-order valence-corrected chi connectivity index (χ2v) is 3.56. The maximum atomic E-state index is 9.95. The van der Waals surface area contributed by atoms with Gasteiger partial charge in [0.05, 0.1) is 6.61 Å². The van der Waals surface area contributed by atoms with Crippen molar-refractivity contribution in [3.8, 4) is 0 Å². The highest BCUT2D eigenvalue weighted by Gasteiger charge is 2.39. The van der Waals surface area contributed by atoms with Gasteiger partial charge in [0.2, 0.25) is 0 Å². The van der Waals surface area contributed by atoms with Crippen LogP contribution >= 0.6 is 0 Å². The number of aliphatic hydroxyl groups is 1. The van der Waals surface area contributed by atoms with Gasteiger partial charge in [-0.3, -0.25) is 0 Å². The molecule has 0 aromatic rings. The van der Waals surface area contributed by atoms with Crippen molar-refractivity contribution in [2.24, 2.45) is 0 Å². The molecule has 0 aromatic carbocycles. The summed E-state index contributed by atoms with van der Waals surface area (Å²) in [5.41, 5.74) is -0.465. The lowest BCUT2D eigenvalue weighted by atomic mass is 9.88. The molecule has 1 saturated heterocycles. The van der Waals surface area contributed by atoms with E-state index < -0.39 is 11.7 Å². The minimum Gasteiger partial charge on any atom is -0.388 e. The van der Waals surface area contributed by atoms with Gasteiger partial charge in [0.15, 0.2) is 0 Å². The Hall–Kier alpha value is -0.160. The van der Waals surface area contributed by atoms with Crippen LogP contribution in [0, 0.1) is 0 Å². The number of hydrogen-bond acceptors (Lipinski definition) is 4. The van der Waals surface area contributed by atoms with Crippen LogP contribution < -0.4 is 0 Å². The summed E-state index contributed by atoms with van der Waals surface area (Å²) >= 11 is 0. The van der Waals surface area contributed by atoms with Crippen molar-refractivity contribution < 1.29 is 19.3 Å². The lowest BCUT2D eigenvalue weighted by Crippen LogP contribution is -2.50. The van der Waals surface area contributed by atoms with Crippen LogP contribution in [0.15, 0.2) is 0 Å². The number of aliphatic hydroxyl groups excluding tert-OH is 1. The Balaban J connectivity index is 2.48. The van der Waals surface area contributed by atoms with Gasteiger partial charge >= 0.3 is 0 Å². The molecule has 1 unspecified atom stereocenters. The zero-order valence-electron chi connectivity index (χ0n) is 8.99. The van der Waals surface area contributed by atoms with E-state index in [-0.39, 0.29) is 0 Å². The Morgan fingerprint density at radius 1 is 1.43 bits per heavy atom. The fraction of sp³-hybridized carbons (Fsp3) is 1.00. The van der Waals surface area contributed by atoms with Crippen molar-refractivity contribution in [3.63, 3.8) is 0 Å². The number of rotatable bonds is 5. The predicted octanol–water partition coefficient (Wildman–Crippen LogP) is 0.579. The van der Waals surface area contributed by atoms with Gasteiger partial charge in [-0.1, -0.05) is 0 Å². The van der Waals surface area contributed by atoms with E-state index in [0.29, 0.717) is 26.4 Å². The van der Waals surface area contributed by atoms with Gasteiger partial charge in [-0.2, -0.15) is 0 Å². The third-order valence-electron chi connectivity index (χ3n) is 2.83. The number of methoxy groups -OCH3 is 1. The third kappa shape index (κ3) is 2.67. The monoisotopic (exact) mass is 204 g/mol. The molecule has 14 heavy (non-hydrogen) atoms. The SMILES string of the molecule is CCOCC(O)C1(OC)CCOCC1. The molecular formula is C10H20O4. The minimum atomic E-state index is -0.559. The first-order valence-electron chi connectivity index (χ1n) is 5.14. The summed E-state index contributed by atoms with van der Waals surface area (Å²) in [6, 6.07) is 0. The third-order valence-corrected chi connectivity index (χ3v) is 2.83. The molecular weight excluding hydrogens is 184 g/mol. The normalized spacial score (nSPS) is 23.4. The summed E-state index contributed by atoms with van der Waals surface area (Å²) in [6.45, 7) is 4.17. The van der Waals surface area contributed by atoms with E-state index in [2.05, 4.69) is 0 Å². The lowest BCUT2D eigenvalue weighted by Gasteiger charge is -2.39. The van der Waals surface area contributed by atoms with Crippen LogP contribution in [0.1, 0.15) is 19.8 Å². The maximum absolute atomic E-state index is 9.95. The molecule has 0 aromatic heterocycles. The summed E-state index contributed by atoms with van der Waals surface area (Å²) in [7, 11) is 1.64. The molecule has 0 bridgehead atoms. The van der Waals surface area contributed by atoms with Crippen LogP contribution in [0.4, 0.5) is 0 Å². The average Bonchev–Trinajstić information content (AvgIpc) is 2.26. The van der Waals surface area contributed by atoms with E-state index in [1.54, 1.807) is 7.11 Å². The highest BCUT2D eigenvalue weighted by Crippen LogP contribution is 2.28. The Morgan fingerprint density at radius 2 is 2.07 bits per heavy atom. The van der Waals surface area contributed by atoms with Crippen LogP contribution in [-0.4, -0.2) is 50.3 Å². The van der Waals surface area contributed by atoms with E-state index in [4.69, 9.17) is 14.2 Å². The molecule has 0 radical (unpaired) electrons. The van der Waals surface area contributed by atoms with Crippen LogP contribution in [0.3, 0.4) is 0 Å². The topological polar surface area (TPSA) is 47.9 Å². The first kappa shape index (κ1) is 11.9. The maximum Gasteiger partial charge on any atom is 0.106 e. The summed E-state index contributed by atoms with van der Waals surface area (Å²) in [6.07, 6.45) is 0.909. The smallest absolute Gasteiger partial charge is 0.106 e. The van der Waals surface area contributed by atoms with Crippen molar-refractivity contribution in [2.75, 3.05) is 33.5 Å². The highest BCUT2D eigenvalue weighted by atomic mass is 16.5. The molecule has 0 amide bonds. The van der Waals surface area contributed by atoms with E-state index >= 15 is 0 Å². The van der Waals surface area contributed by atoms with Gasteiger partial charge < -0.3 is 19.3 Å². The second kappa shape index (κ2) is 5.66. The molecule has 1 rings (SSSR count). The van der Waals surface area contributed by atoms with Gasteiger partial charge in [-0.05, 0) is 6.92 Å². The van der Waals surface area contributed by atoms with Crippen LogP contribution in [0.25, 0.3) is 0 Å². The molecule has 1 fully saturated rings. The zero-order valence-corrected chi connectivity index (χ0v) is 8.99. The van der Waals surface area contributed by atoms with Crippen LogP contribution in [0.5, 0.6) is 0 Å². The van der Waals surface area contributed by atoms with Crippen molar-refractivity contribution in [3.05, 3.63) is 0 Å². The molecule has 0 spiro atoms. The first-order valence-corrected chi connectivity index (χ1v) is 5.14. The Morgan fingerprint density at radius 3 is 2.57 bits per heavy atom. The molecule has 4 nitrogen and oxygen atoms in total. The molecule has 1 heterocycles. The minimum absolute atomic E-state index is 0.338. The summed E-state index contributed by atoms with van der Waals surface area (Å²) in [5.74, 6) is 0. The fourth-order valence-corrected chi connectivity index (χ4v) is 1.77. The van der Waals surface area contributed by atoms with Crippen molar-refractivity contribution in [2.45, 2.75) is 31.5 Å². The quantitative estimate of drug-likeness (QED) is 0.711. The van der Waals surface area contributed by atoms with Crippen molar-refractivity contribution in [1.82, 2.24) is 0 Å². The standard InChI is InChI=1S/C10H20O4/c1-3-13-8-9(11)10(12-2)4-6-14-7-5-10/h9,11H,3-8H2,1-2H3. The molecule has 0 saturated carbocycles. The van der Waals surface area contributed by atoms with E-state index in [1.165, 1.54) is 0 Å². The largest absolute Gasteiger partial charge is 0.388 e. The van der Waals surface area contributed by atoms with Crippen molar-refractivity contribution >= 4 is 0 Å². The Bertz CT molecular complexity index is 154. The molecule has 1 aliphatic heterocycles. The highest BCUT2D eigenvalue weighted by molar-refractivity contribution is 4.90. The summed E-state index contributed by atoms with van der Waals surface area (Å²) in [4.78, 5) is 0. The van der Waals surface area contributed by atoms with E-state index in [1.807, 2.05) is 6.92 Å². The molecule has 1 atom stereocenters. The second-order valence-electron chi connectivity index (χ2n) is 3.56. The number of ether oxygens (including phenoxy) is 3. The molecule has 1 N–H and O–H groups in total. The summed E-state index contributed by atoms with van der Waals surface area (Å²) < 4.78 is 15.9. The van der Waals surface area contributed by atoms with Crippen LogP contribution in [-0.2, 0) is 14.2 Å². The fourth-order valence-electron chi connectivity index (χ4n) is 1.77. The molecule has 84 valence electrons. The van der Waals surface area contributed by atoms with Gasteiger partial charge in [0, 0.05) is 39.8 Å². The molecule has 4 heteroatoms. The average molecular weight is 204 g/mol. The van der Waals surface area contributed by atoms with E-state index in [9.17, 15) is 5.11 Å². The lowest BCUT2D eigenvalue weighted by molar-refractivity contribution is -0.167.